The van der Waals surface area contributed by atoms with Crippen LogP contribution in [-0.4, -0.2) is 12.6 Å². The topological polar surface area (TPSA) is 41.1 Å². The Morgan fingerprint density at radius 3 is 2.58 bits per heavy atom. The highest BCUT2D eigenvalue weighted by Gasteiger charge is 2.12. The molecule has 4 heteroatoms. The molecule has 106 valence electrons. The van der Waals surface area contributed by atoms with E-state index >= 15 is 0 Å². The molecule has 0 aliphatic carbocycles. The summed E-state index contributed by atoms with van der Waals surface area (Å²) in [6, 6.07) is 4.37. The molecule has 1 aromatic rings. The summed E-state index contributed by atoms with van der Waals surface area (Å²) >= 11 is 0. The molecular formula is C15H23FN2O. The first-order valence-corrected chi connectivity index (χ1v) is 6.75. The standard InChI is InChI=1S/C15H23FN2O/c1-5-11(3)12(4)9-17-15(19)18-14-7-6-10(2)8-13(14)16/h6-8,11-12H,5,9H2,1-4H3,(H2,17,18,19). The second kappa shape index (κ2) is 7.12. The summed E-state index contributed by atoms with van der Waals surface area (Å²) in [6.07, 6.45) is 1.08. The molecule has 2 N–H and O–H groups in total. The van der Waals surface area contributed by atoms with Gasteiger partial charge in [0, 0.05) is 6.54 Å². The first kappa shape index (κ1) is 15.5. The number of amides is 2. The molecule has 0 aliphatic heterocycles. The van der Waals surface area contributed by atoms with Gasteiger partial charge >= 0.3 is 6.03 Å². The van der Waals surface area contributed by atoms with Crippen molar-refractivity contribution < 1.29 is 9.18 Å². The first-order valence-electron chi connectivity index (χ1n) is 6.75. The van der Waals surface area contributed by atoms with Crippen LogP contribution >= 0.6 is 0 Å². The molecule has 0 spiro atoms. The van der Waals surface area contributed by atoms with E-state index in [1.807, 2.05) is 0 Å². The van der Waals surface area contributed by atoms with Crippen LogP contribution in [0.1, 0.15) is 32.8 Å². The van der Waals surface area contributed by atoms with Crippen molar-refractivity contribution in [1.82, 2.24) is 5.32 Å². The van der Waals surface area contributed by atoms with E-state index < -0.39 is 5.82 Å². The summed E-state index contributed by atoms with van der Waals surface area (Å²) in [5.74, 6) is 0.542. The zero-order chi connectivity index (χ0) is 14.4. The number of benzene rings is 1. The summed E-state index contributed by atoms with van der Waals surface area (Å²) in [4.78, 5) is 11.7. The molecule has 0 saturated carbocycles. The Hall–Kier alpha value is -1.58. The van der Waals surface area contributed by atoms with Crippen LogP contribution in [0.3, 0.4) is 0 Å². The molecule has 2 unspecified atom stereocenters. The summed E-state index contributed by atoms with van der Waals surface area (Å²) in [7, 11) is 0. The van der Waals surface area contributed by atoms with Gasteiger partial charge in [-0.05, 0) is 36.5 Å². The van der Waals surface area contributed by atoms with Crippen molar-refractivity contribution in [3.8, 4) is 0 Å². The van der Waals surface area contributed by atoms with E-state index in [1.165, 1.54) is 6.07 Å². The molecule has 0 radical (unpaired) electrons. The van der Waals surface area contributed by atoms with E-state index in [0.717, 1.165) is 12.0 Å². The number of hydrogen-bond donors (Lipinski definition) is 2. The van der Waals surface area contributed by atoms with Crippen LogP contribution in [0.15, 0.2) is 18.2 Å². The molecule has 0 bridgehead atoms. The minimum atomic E-state index is -0.412. The summed E-state index contributed by atoms with van der Waals surface area (Å²) in [6.45, 7) is 8.78. The Bertz CT molecular complexity index is 434. The normalized spacial score (nSPS) is 13.7. The summed E-state index contributed by atoms with van der Waals surface area (Å²) < 4.78 is 13.5. The molecule has 2 atom stereocenters. The predicted octanol–water partition coefficient (Wildman–Crippen LogP) is 3.94. The van der Waals surface area contributed by atoms with Crippen LogP contribution in [0.2, 0.25) is 0 Å². The maximum atomic E-state index is 13.5. The lowest BCUT2D eigenvalue weighted by Crippen LogP contribution is -2.34. The smallest absolute Gasteiger partial charge is 0.319 e. The molecule has 0 saturated heterocycles. The number of anilines is 1. The van der Waals surface area contributed by atoms with Gasteiger partial charge in [-0.2, -0.15) is 0 Å². The molecule has 3 nitrogen and oxygen atoms in total. The monoisotopic (exact) mass is 266 g/mol. The van der Waals surface area contributed by atoms with E-state index in [-0.39, 0.29) is 11.7 Å². The van der Waals surface area contributed by atoms with Crippen molar-refractivity contribution >= 4 is 11.7 Å². The fraction of sp³-hybridized carbons (Fsp3) is 0.533. The van der Waals surface area contributed by atoms with E-state index in [1.54, 1.807) is 19.1 Å². The lowest BCUT2D eigenvalue weighted by atomic mass is 9.94. The molecule has 1 aromatic carbocycles. The average Bonchev–Trinajstić information content (AvgIpc) is 2.38. The number of carbonyl (C=O) groups is 1. The Balaban J connectivity index is 2.47. The fourth-order valence-corrected chi connectivity index (χ4v) is 1.75. The third-order valence-electron chi connectivity index (χ3n) is 3.57. The third kappa shape index (κ3) is 4.89. The number of rotatable bonds is 5. The van der Waals surface area contributed by atoms with Crippen LogP contribution in [0.4, 0.5) is 14.9 Å². The molecule has 0 heterocycles. The number of nitrogens with one attached hydrogen (secondary N) is 2. The molecule has 0 aromatic heterocycles. The Morgan fingerprint density at radius 2 is 2.00 bits per heavy atom. The van der Waals surface area contributed by atoms with E-state index in [9.17, 15) is 9.18 Å². The SMILES string of the molecule is CCC(C)C(C)CNC(=O)Nc1ccc(C)cc1F. The Kier molecular flexibility index (Phi) is 5.80. The van der Waals surface area contributed by atoms with Crippen molar-refractivity contribution in [2.45, 2.75) is 34.1 Å². The largest absolute Gasteiger partial charge is 0.338 e. The quantitative estimate of drug-likeness (QED) is 0.832. The highest BCUT2D eigenvalue weighted by atomic mass is 19.1. The highest BCUT2D eigenvalue weighted by Crippen LogP contribution is 2.15. The number of carbonyl (C=O) groups excluding carboxylic acids is 1. The lowest BCUT2D eigenvalue weighted by molar-refractivity contribution is 0.247. The zero-order valence-electron chi connectivity index (χ0n) is 12.1. The van der Waals surface area contributed by atoms with Gasteiger partial charge in [0.1, 0.15) is 5.82 Å². The van der Waals surface area contributed by atoms with Crippen molar-refractivity contribution in [3.63, 3.8) is 0 Å². The first-order chi connectivity index (χ1) is 8.93. The van der Waals surface area contributed by atoms with Crippen molar-refractivity contribution in [2.75, 3.05) is 11.9 Å². The van der Waals surface area contributed by atoms with Crippen LogP contribution < -0.4 is 10.6 Å². The van der Waals surface area contributed by atoms with Crippen molar-refractivity contribution in [1.29, 1.82) is 0 Å². The van der Waals surface area contributed by atoms with Gasteiger partial charge in [0.05, 0.1) is 5.69 Å². The lowest BCUT2D eigenvalue weighted by Gasteiger charge is -2.18. The van der Waals surface area contributed by atoms with Crippen molar-refractivity contribution in [2.24, 2.45) is 11.8 Å². The predicted molar refractivity (Wildman–Crippen MR) is 76.8 cm³/mol. The minimum Gasteiger partial charge on any atom is -0.338 e. The molecule has 1 rings (SSSR count). The zero-order valence-corrected chi connectivity index (χ0v) is 12.1. The number of aryl methyl sites for hydroxylation is 1. The van der Waals surface area contributed by atoms with Gasteiger partial charge in [0.25, 0.3) is 0 Å². The number of hydrogen-bond acceptors (Lipinski definition) is 1. The van der Waals surface area contributed by atoms with Crippen molar-refractivity contribution in [3.05, 3.63) is 29.6 Å². The second-order valence-electron chi connectivity index (χ2n) is 5.18. The average molecular weight is 266 g/mol. The second-order valence-corrected chi connectivity index (χ2v) is 5.18. The highest BCUT2D eigenvalue weighted by molar-refractivity contribution is 5.89. The molecule has 0 aliphatic rings. The maximum Gasteiger partial charge on any atom is 0.319 e. The van der Waals surface area contributed by atoms with Gasteiger partial charge in [0.2, 0.25) is 0 Å². The van der Waals surface area contributed by atoms with Gasteiger partial charge < -0.3 is 10.6 Å². The van der Waals surface area contributed by atoms with Gasteiger partial charge in [-0.3, -0.25) is 0 Å². The van der Waals surface area contributed by atoms with E-state index in [4.69, 9.17) is 0 Å². The van der Waals surface area contributed by atoms with Gasteiger partial charge in [-0.25, -0.2) is 9.18 Å². The molecule has 0 fully saturated rings. The van der Waals surface area contributed by atoms with Gasteiger partial charge in [0.15, 0.2) is 0 Å². The minimum absolute atomic E-state index is 0.208. The number of halogens is 1. The van der Waals surface area contributed by atoms with Crippen LogP contribution in [0.5, 0.6) is 0 Å². The fourth-order valence-electron chi connectivity index (χ4n) is 1.75. The van der Waals surface area contributed by atoms with Gasteiger partial charge in [-0.1, -0.05) is 33.3 Å². The van der Waals surface area contributed by atoms with E-state index in [0.29, 0.717) is 18.4 Å². The molecule has 19 heavy (non-hydrogen) atoms. The maximum absolute atomic E-state index is 13.5. The Labute approximate surface area is 114 Å². The Morgan fingerprint density at radius 1 is 1.32 bits per heavy atom. The molecular weight excluding hydrogens is 243 g/mol. The third-order valence-corrected chi connectivity index (χ3v) is 3.57. The number of urea groups is 1. The van der Waals surface area contributed by atoms with Crippen LogP contribution in [0, 0.1) is 24.6 Å². The van der Waals surface area contributed by atoms with Crippen LogP contribution in [0.25, 0.3) is 0 Å². The molecule has 2 amide bonds. The van der Waals surface area contributed by atoms with Gasteiger partial charge in [-0.15, -0.1) is 0 Å². The summed E-state index contributed by atoms with van der Waals surface area (Å²) in [5.41, 5.74) is 1.04. The van der Waals surface area contributed by atoms with E-state index in [2.05, 4.69) is 31.4 Å². The van der Waals surface area contributed by atoms with Crippen LogP contribution in [-0.2, 0) is 0 Å². The summed E-state index contributed by atoms with van der Waals surface area (Å²) in [5, 5.41) is 5.30.